The average Bonchev–Trinajstić information content (AvgIpc) is 2.69. The van der Waals surface area contributed by atoms with E-state index in [0.717, 1.165) is 18.4 Å². The minimum atomic E-state index is -1.26. The van der Waals surface area contributed by atoms with E-state index in [-0.39, 0.29) is 5.91 Å². The molecule has 2 N–H and O–H groups in total. The van der Waals surface area contributed by atoms with Gasteiger partial charge in [0, 0.05) is 31.3 Å². The van der Waals surface area contributed by atoms with Gasteiger partial charge in [-0.15, -0.1) is 0 Å². The molecule has 0 bridgehead atoms. The van der Waals surface area contributed by atoms with Crippen LogP contribution in [0.15, 0.2) is 30.4 Å². The van der Waals surface area contributed by atoms with Gasteiger partial charge in [0.25, 0.3) is 0 Å². The van der Waals surface area contributed by atoms with Crippen LogP contribution >= 0.6 is 23.2 Å². The molecule has 2 unspecified atom stereocenters. The molecule has 7 nitrogen and oxygen atoms in total. The Balaban J connectivity index is 0.000000479. The monoisotopic (exact) mass is 458 g/mol. The SMILES string of the molecule is CN(C)C1CCCCC1N(C)C(=O)Cc1ccc(Cl)c(Cl)c1.O=C(O)C=CC(=O)O. The fourth-order valence-electron chi connectivity index (χ4n) is 3.42. The first-order valence-electron chi connectivity index (χ1n) is 9.52. The van der Waals surface area contributed by atoms with E-state index in [1.54, 1.807) is 12.1 Å². The van der Waals surface area contributed by atoms with Gasteiger partial charge in [-0.05, 0) is 44.6 Å². The van der Waals surface area contributed by atoms with E-state index in [2.05, 4.69) is 19.0 Å². The van der Waals surface area contributed by atoms with Crippen LogP contribution in [0.5, 0.6) is 0 Å². The highest BCUT2D eigenvalue weighted by atomic mass is 35.5. The van der Waals surface area contributed by atoms with Crippen molar-refractivity contribution in [2.45, 2.75) is 44.2 Å². The third-order valence-electron chi connectivity index (χ3n) is 4.96. The number of aliphatic carboxylic acids is 2. The number of hydrogen-bond acceptors (Lipinski definition) is 4. The Morgan fingerprint density at radius 2 is 1.50 bits per heavy atom. The van der Waals surface area contributed by atoms with Crippen molar-refractivity contribution in [3.63, 3.8) is 0 Å². The number of likely N-dealkylation sites (N-methyl/N-ethyl adjacent to an activating group) is 2. The normalized spacial score (nSPS) is 18.6. The van der Waals surface area contributed by atoms with E-state index in [1.807, 2.05) is 18.0 Å². The summed E-state index contributed by atoms with van der Waals surface area (Å²) in [5.41, 5.74) is 0.906. The van der Waals surface area contributed by atoms with E-state index in [9.17, 15) is 14.4 Å². The molecule has 1 saturated carbocycles. The summed E-state index contributed by atoms with van der Waals surface area (Å²) in [6.07, 6.45) is 6.15. The summed E-state index contributed by atoms with van der Waals surface area (Å²) in [6, 6.07) is 6.12. The van der Waals surface area contributed by atoms with Crippen LogP contribution in [0.4, 0.5) is 0 Å². The van der Waals surface area contributed by atoms with Crippen molar-refractivity contribution in [3.8, 4) is 0 Å². The van der Waals surface area contributed by atoms with Crippen molar-refractivity contribution in [1.82, 2.24) is 9.80 Å². The number of nitrogens with zero attached hydrogens (tertiary/aromatic N) is 2. The van der Waals surface area contributed by atoms with Crippen LogP contribution in [-0.4, -0.2) is 71.1 Å². The Labute approximate surface area is 186 Å². The molecule has 2 atom stereocenters. The Morgan fingerprint density at radius 3 is 1.97 bits per heavy atom. The lowest BCUT2D eigenvalue weighted by molar-refractivity contribution is -0.134. The maximum Gasteiger partial charge on any atom is 0.328 e. The summed E-state index contributed by atoms with van der Waals surface area (Å²) < 4.78 is 0. The molecule has 0 heterocycles. The molecule has 1 aliphatic rings. The molecule has 0 spiro atoms. The van der Waals surface area contributed by atoms with Crippen LogP contribution < -0.4 is 0 Å². The number of hydrogen-bond donors (Lipinski definition) is 2. The molecular weight excluding hydrogens is 431 g/mol. The molecule has 1 aromatic carbocycles. The first-order valence-corrected chi connectivity index (χ1v) is 10.3. The van der Waals surface area contributed by atoms with E-state index in [4.69, 9.17) is 33.4 Å². The van der Waals surface area contributed by atoms with Crippen LogP contribution in [0.2, 0.25) is 10.0 Å². The number of benzene rings is 1. The number of carbonyl (C=O) groups excluding carboxylic acids is 1. The van der Waals surface area contributed by atoms with E-state index >= 15 is 0 Å². The Bertz CT molecular complexity index is 767. The third-order valence-corrected chi connectivity index (χ3v) is 5.69. The van der Waals surface area contributed by atoms with Crippen molar-refractivity contribution in [2.24, 2.45) is 0 Å². The zero-order chi connectivity index (χ0) is 22.8. The highest BCUT2D eigenvalue weighted by Crippen LogP contribution is 2.27. The molecule has 0 radical (unpaired) electrons. The second-order valence-electron chi connectivity index (χ2n) is 7.32. The Kier molecular flexibility index (Phi) is 10.9. The van der Waals surface area contributed by atoms with Crippen LogP contribution in [-0.2, 0) is 20.8 Å². The van der Waals surface area contributed by atoms with Gasteiger partial charge in [0.15, 0.2) is 0 Å². The number of halogens is 2. The smallest absolute Gasteiger partial charge is 0.328 e. The van der Waals surface area contributed by atoms with Crippen molar-refractivity contribution in [2.75, 3.05) is 21.1 Å². The third kappa shape index (κ3) is 8.73. The fourth-order valence-corrected chi connectivity index (χ4v) is 3.74. The molecule has 9 heteroatoms. The second-order valence-corrected chi connectivity index (χ2v) is 8.14. The molecule has 30 heavy (non-hydrogen) atoms. The van der Waals surface area contributed by atoms with Crippen LogP contribution in [0.25, 0.3) is 0 Å². The summed E-state index contributed by atoms with van der Waals surface area (Å²) in [4.78, 5) is 35.9. The minimum Gasteiger partial charge on any atom is -0.478 e. The predicted octanol–water partition coefficient (Wildman–Crippen LogP) is 3.58. The van der Waals surface area contributed by atoms with Gasteiger partial charge in [0.1, 0.15) is 0 Å². The van der Waals surface area contributed by atoms with E-state index in [1.165, 1.54) is 12.8 Å². The van der Waals surface area contributed by atoms with Crippen molar-refractivity contribution < 1.29 is 24.6 Å². The summed E-state index contributed by atoms with van der Waals surface area (Å²) in [6.45, 7) is 0. The minimum absolute atomic E-state index is 0.136. The molecule has 1 aliphatic carbocycles. The van der Waals surface area contributed by atoms with Crippen molar-refractivity contribution in [1.29, 1.82) is 0 Å². The molecule has 2 rings (SSSR count). The standard InChI is InChI=1S/C17H24Cl2N2O.C4H4O4/c1-20(2)15-6-4-5-7-16(15)21(3)17(22)11-12-8-9-13(18)14(19)10-12;5-3(6)1-2-4(7)8/h8-10,15-16H,4-7,11H2,1-3H3;1-2H,(H,5,6)(H,7,8). The van der Waals surface area contributed by atoms with Gasteiger partial charge in [-0.1, -0.05) is 42.1 Å². The molecule has 1 aromatic rings. The van der Waals surface area contributed by atoms with Gasteiger partial charge in [-0.2, -0.15) is 0 Å². The van der Waals surface area contributed by atoms with Crippen LogP contribution in [0, 0.1) is 0 Å². The summed E-state index contributed by atoms with van der Waals surface area (Å²) >= 11 is 11.9. The molecule has 0 aliphatic heterocycles. The lowest BCUT2D eigenvalue weighted by Crippen LogP contribution is -2.52. The van der Waals surface area contributed by atoms with Gasteiger partial charge in [0.2, 0.25) is 5.91 Å². The zero-order valence-electron chi connectivity index (χ0n) is 17.3. The molecule has 0 saturated heterocycles. The van der Waals surface area contributed by atoms with Crippen LogP contribution in [0.3, 0.4) is 0 Å². The number of rotatable bonds is 6. The second kappa shape index (κ2) is 12.6. The molecule has 1 amide bonds. The van der Waals surface area contributed by atoms with Gasteiger partial charge < -0.3 is 20.0 Å². The number of carboxylic acid groups (broad SMARTS) is 2. The van der Waals surface area contributed by atoms with E-state index in [0.29, 0.717) is 40.7 Å². The number of amides is 1. The lowest BCUT2D eigenvalue weighted by atomic mass is 9.88. The van der Waals surface area contributed by atoms with Gasteiger partial charge in [0.05, 0.1) is 16.5 Å². The highest BCUT2D eigenvalue weighted by Gasteiger charge is 2.31. The number of carbonyl (C=O) groups is 3. The molecule has 0 aromatic heterocycles. The fraction of sp³-hybridized carbons (Fsp3) is 0.476. The van der Waals surface area contributed by atoms with Crippen molar-refractivity contribution >= 4 is 41.0 Å². The Hall–Kier alpha value is -2.09. The number of carboxylic acids is 2. The summed E-state index contributed by atoms with van der Waals surface area (Å²) in [5.74, 6) is -2.38. The molecular formula is C21H28Cl2N2O5. The summed E-state index contributed by atoms with van der Waals surface area (Å²) in [5, 5.41) is 16.6. The zero-order valence-corrected chi connectivity index (χ0v) is 18.9. The first-order chi connectivity index (χ1) is 14.0. The van der Waals surface area contributed by atoms with E-state index < -0.39 is 11.9 Å². The van der Waals surface area contributed by atoms with Gasteiger partial charge in [-0.25, -0.2) is 9.59 Å². The first kappa shape index (κ1) is 25.9. The molecule has 166 valence electrons. The highest BCUT2D eigenvalue weighted by molar-refractivity contribution is 6.42. The summed E-state index contributed by atoms with van der Waals surface area (Å²) in [7, 11) is 6.12. The Morgan fingerprint density at radius 1 is 0.967 bits per heavy atom. The van der Waals surface area contributed by atoms with Crippen LogP contribution in [0.1, 0.15) is 31.2 Å². The maximum atomic E-state index is 12.6. The maximum absolute atomic E-state index is 12.6. The van der Waals surface area contributed by atoms with Gasteiger partial charge in [-0.3, -0.25) is 4.79 Å². The van der Waals surface area contributed by atoms with Gasteiger partial charge >= 0.3 is 11.9 Å². The lowest BCUT2D eigenvalue weighted by Gasteiger charge is -2.41. The van der Waals surface area contributed by atoms with Crippen molar-refractivity contribution in [3.05, 3.63) is 46.0 Å². The predicted molar refractivity (Wildman–Crippen MR) is 117 cm³/mol. The quantitative estimate of drug-likeness (QED) is 0.632. The topological polar surface area (TPSA) is 98.2 Å². The largest absolute Gasteiger partial charge is 0.478 e. The molecule has 1 fully saturated rings. The average molecular weight is 459 g/mol.